The van der Waals surface area contributed by atoms with Gasteiger partial charge in [-0.3, -0.25) is 0 Å². The summed E-state index contributed by atoms with van der Waals surface area (Å²) in [5.41, 5.74) is 2.47. The van der Waals surface area contributed by atoms with Gasteiger partial charge < -0.3 is 14.9 Å². The van der Waals surface area contributed by atoms with Crippen molar-refractivity contribution in [2.45, 2.75) is 6.92 Å². The molecular formula is C17H16N4O3S. The number of phenols is 2. The molecule has 1 heterocycles. The molecule has 0 saturated heterocycles. The minimum atomic E-state index is -0.319. The van der Waals surface area contributed by atoms with E-state index in [1.807, 2.05) is 31.2 Å². The maximum Gasteiger partial charge on any atom is 0.216 e. The maximum absolute atomic E-state index is 9.76. The second kappa shape index (κ2) is 6.78. The number of methoxy groups -OCH3 is 1. The van der Waals surface area contributed by atoms with Crippen molar-refractivity contribution < 1.29 is 14.9 Å². The fourth-order valence-corrected chi connectivity index (χ4v) is 2.54. The van der Waals surface area contributed by atoms with E-state index in [1.54, 1.807) is 6.07 Å². The quantitative estimate of drug-likeness (QED) is 0.379. The summed E-state index contributed by atoms with van der Waals surface area (Å²) >= 11 is 5.24. The number of aromatic nitrogens is 3. The second-order valence-corrected chi connectivity index (χ2v) is 5.70. The lowest BCUT2D eigenvalue weighted by atomic mass is 10.1. The van der Waals surface area contributed by atoms with Crippen LogP contribution in [0.3, 0.4) is 0 Å². The van der Waals surface area contributed by atoms with Crippen LogP contribution in [0.15, 0.2) is 41.5 Å². The number of ether oxygens (including phenoxy) is 1. The zero-order valence-corrected chi connectivity index (χ0v) is 14.4. The Bertz CT molecular complexity index is 1010. The number of aromatic amines is 1. The Morgan fingerprint density at radius 2 is 2.04 bits per heavy atom. The molecule has 0 aliphatic rings. The SMILES string of the molecule is COc1cc(/C=N/n2c(-c3ccccc3C)n[nH]c2=S)cc(O)c1O. The second-order valence-electron chi connectivity index (χ2n) is 5.31. The molecule has 1 aromatic heterocycles. The number of phenolic OH excluding ortho intramolecular Hbond substituents is 2. The topological polar surface area (TPSA) is 95.7 Å². The van der Waals surface area contributed by atoms with Gasteiger partial charge in [-0.05, 0) is 36.8 Å². The predicted molar refractivity (Wildman–Crippen MR) is 96.9 cm³/mol. The highest BCUT2D eigenvalue weighted by Crippen LogP contribution is 2.35. The number of rotatable bonds is 4. The van der Waals surface area contributed by atoms with Crippen molar-refractivity contribution in [3.8, 4) is 28.6 Å². The highest BCUT2D eigenvalue weighted by molar-refractivity contribution is 7.71. The largest absolute Gasteiger partial charge is 0.504 e. The molecule has 8 heteroatoms. The molecule has 0 fully saturated rings. The maximum atomic E-state index is 9.76. The minimum Gasteiger partial charge on any atom is -0.504 e. The first kappa shape index (κ1) is 16.7. The molecule has 25 heavy (non-hydrogen) atoms. The smallest absolute Gasteiger partial charge is 0.216 e. The molecule has 128 valence electrons. The van der Waals surface area contributed by atoms with Gasteiger partial charge in [-0.2, -0.15) is 14.9 Å². The molecule has 3 N–H and O–H groups in total. The fourth-order valence-electron chi connectivity index (χ4n) is 2.37. The molecule has 3 rings (SSSR count). The van der Waals surface area contributed by atoms with Crippen molar-refractivity contribution in [1.82, 2.24) is 14.9 Å². The minimum absolute atomic E-state index is 0.149. The molecule has 0 aliphatic heterocycles. The normalized spacial score (nSPS) is 11.1. The highest BCUT2D eigenvalue weighted by atomic mass is 32.1. The standard InChI is InChI=1S/C17H16N4O3S/c1-10-5-3-4-6-12(10)16-19-20-17(25)21(16)18-9-11-7-13(22)15(23)14(8-11)24-2/h3-9,22-23H,1-2H3,(H,20,25)/b18-9+. The van der Waals surface area contributed by atoms with Gasteiger partial charge in [0.25, 0.3) is 0 Å². The van der Waals surface area contributed by atoms with Gasteiger partial charge in [-0.15, -0.1) is 0 Å². The molecule has 0 aliphatic carbocycles. The van der Waals surface area contributed by atoms with Crippen LogP contribution in [0.5, 0.6) is 17.2 Å². The number of benzene rings is 2. The number of H-pyrrole nitrogens is 1. The molecule has 0 atom stereocenters. The average Bonchev–Trinajstić information content (AvgIpc) is 2.96. The molecule has 2 aromatic carbocycles. The van der Waals surface area contributed by atoms with E-state index < -0.39 is 0 Å². The third kappa shape index (κ3) is 3.24. The van der Waals surface area contributed by atoms with Crippen LogP contribution in [0, 0.1) is 11.7 Å². The molecular weight excluding hydrogens is 340 g/mol. The van der Waals surface area contributed by atoms with E-state index in [4.69, 9.17) is 17.0 Å². The number of nitrogens with one attached hydrogen (secondary N) is 1. The Labute approximate surface area is 148 Å². The lowest BCUT2D eigenvalue weighted by Gasteiger charge is -2.06. The van der Waals surface area contributed by atoms with Gasteiger partial charge in [0.1, 0.15) is 0 Å². The van der Waals surface area contributed by atoms with Crippen LogP contribution in [-0.2, 0) is 0 Å². The molecule has 0 radical (unpaired) electrons. The molecule has 0 saturated carbocycles. The summed E-state index contributed by atoms with van der Waals surface area (Å²) in [7, 11) is 1.40. The molecule has 0 amide bonds. The number of hydrogen-bond donors (Lipinski definition) is 3. The van der Waals surface area contributed by atoms with Crippen LogP contribution in [0.1, 0.15) is 11.1 Å². The van der Waals surface area contributed by atoms with Gasteiger partial charge in [0, 0.05) is 11.1 Å². The summed E-state index contributed by atoms with van der Waals surface area (Å²) in [5.74, 6) is 0.113. The predicted octanol–water partition coefficient (Wildman–Crippen LogP) is 3.22. The van der Waals surface area contributed by atoms with Crippen LogP contribution in [0.4, 0.5) is 0 Å². The van der Waals surface area contributed by atoms with E-state index in [1.165, 1.54) is 24.1 Å². The Kier molecular flexibility index (Phi) is 4.53. The Morgan fingerprint density at radius 3 is 2.76 bits per heavy atom. The van der Waals surface area contributed by atoms with Crippen molar-refractivity contribution in [2.75, 3.05) is 7.11 Å². The highest BCUT2D eigenvalue weighted by Gasteiger charge is 2.11. The Hall–Kier alpha value is -3.13. The zero-order valence-electron chi connectivity index (χ0n) is 13.6. The van der Waals surface area contributed by atoms with E-state index in [0.717, 1.165) is 11.1 Å². The van der Waals surface area contributed by atoms with E-state index in [-0.39, 0.29) is 17.2 Å². The van der Waals surface area contributed by atoms with Crippen LogP contribution in [0.25, 0.3) is 11.4 Å². The summed E-state index contributed by atoms with van der Waals surface area (Å²) < 4.78 is 6.85. The van der Waals surface area contributed by atoms with Crippen LogP contribution >= 0.6 is 12.2 Å². The molecule has 7 nitrogen and oxygen atoms in total. The van der Waals surface area contributed by atoms with Gasteiger partial charge in [0.2, 0.25) is 10.5 Å². The van der Waals surface area contributed by atoms with E-state index in [0.29, 0.717) is 16.2 Å². The summed E-state index contributed by atoms with van der Waals surface area (Å²) in [6.07, 6.45) is 1.49. The first-order valence-electron chi connectivity index (χ1n) is 7.39. The Morgan fingerprint density at radius 1 is 1.28 bits per heavy atom. The van der Waals surface area contributed by atoms with Gasteiger partial charge in [-0.1, -0.05) is 24.3 Å². The average molecular weight is 356 g/mol. The van der Waals surface area contributed by atoms with Crippen molar-refractivity contribution in [1.29, 1.82) is 0 Å². The number of aryl methyl sites for hydroxylation is 1. The van der Waals surface area contributed by atoms with E-state index in [9.17, 15) is 10.2 Å². The number of nitrogens with zero attached hydrogens (tertiary/aromatic N) is 3. The first-order valence-corrected chi connectivity index (χ1v) is 7.80. The summed E-state index contributed by atoms with van der Waals surface area (Å²) in [6.45, 7) is 1.98. The third-order valence-electron chi connectivity index (χ3n) is 3.66. The van der Waals surface area contributed by atoms with Crippen molar-refractivity contribution in [3.05, 3.63) is 52.3 Å². The summed E-state index contributed by atoms with van der Waals surface area (Å²) in [6, 6.07) is 10.7. The fraction of sp³-hybridized carbons (Fsp3) is 0.118. The van der Waals surface area contributed by atoms with Gasteiger partial charge in [-0.25, -0.2) is 5.10 Å². The van der Waals surface area contributed by atoms with Gasteiger partial charge >= 0.3 is 0 Å². The molecule has 0 bridgehead atoms. The van der Waals surface area contributed by atoms with Crippen LogP contribution in [-0.4, -0.2) is 38.4 Å². The number of aromatic hydroxyl groups is 2. The van der Waals surface area contributed by atoms with Gasteiger partial charge in [0.15, 0.2) is 17.3 Å². The van der Waals surface area contributed by atoms with E-state index >= 15 is 0 Å². The third-order valence-corrected chi connectivity index (χ3v) is 3.92. The summed E-state index contributed by atoms with van der Waals surface area (Å²) in [4.78, 5) is 0. The van der Waals surface area contributed by atoms with Gasteiger partial charge in [0.05, 0.1) is 13.3 Å². The lowest BCUT2D eigenvalue weighted by Crippen LogP contribution is -1.97. The van der Waals surface area contributed by atoms with Crippen molar-refractivity contribution in [3.63, 3.8) is 0 Å². The molecule has 3 aromatic rings. The molecule has 0 unspecified atom stereocenters. The lowest BCUT2D eigenvalue weighted by molar-refractivity contribution is 0.351. The van der Waals surface area contributed by atoms with Crippen LogP contribution < -0.4 is 4.74 Å². The monoisotopic (exact) mass is 356 g/mol. The van der Waals surface area contributed by atoms with Crippen molar-refractivity contribution in [2.24, 2.45) is 5.10 Å². The molecule has 0 spiro atoms. The van der Waals surface area contributed by atoms with Crippen LogP contribution in [0.2, 0.25) is 0 Å². The number of hydrogen-bond acceptors (Lipinski definition) is 6. The van der Waals surface area contributed by atoms with Crippen molar-refractivity contribution >= 4 is 18.4 Å². The van der Waals surface area contributed by atoms with E-state index in [2.05, 4.69) is 15.3 Å². The first-order chi connectivity index (χ1) is 12.0. The summed E-state index contributed by atoms with van der Waals surface area (Å²) in [5, 5.41) is 30.8. The zero-order chi connectivity index (χ0) is 18.0. The Balaban J connectivity index is 2.04.